The molecule has 0 spiro atoms. The number of carbonyl (C=O) groups is 5. The van der Waals surface area contributed by atoms with Crippen molar-refractivity contribution in [1.29, 1.82) is 0 Å². The average molecular weight is 1150 g/mol. The monoisotopic (exact) mass is 1150 g/mol. The van der Waals surface area contributed by atoms with Gasteiger partial charge in [0.25, 0.3) is 11.8 Å². The largest absolute Gasteiger partial charge is 0.491 e. The van der Waals surface area contributed by atoms with Crippen LogP contribution in [0, 0.1) is 24.0 Å². The molecule has 3 aliphatic heterocycles. The number of hydrogen-bond donors (Lipinski definition) is 3. The van der Waals surface area contributed by atoms with Gasteiger partial charge >= 0.3 is 0 Å². The Labute approximate surface area is 480 Å². The molecule has 4 heterocycles. The van der Waals surface area contributed by atoms with Crippen LogP contribution in [0.3, 0.4) is 0 Å². The van der Waals surface area contributed by atoms with Crippen LogP contribution in [-0.4, -0.2) is 150 Å². The molecule has 0 saturated carbocycles. The number of amides is 5. The first-order valence-corrected chi connectivity index (χ1v) is 28.6. The lowest BCUT2D eigenvalue weighted by atomic mass is 9.84. The van der Waals surface area contributed by atoms with Crippen molar-refractivity contribution in [2.24, 2.45) is 5.41 Å². The van der Waals surface area contributed by atoms with Gasteiger partial charge in [-0.05, 0) is 91.5 Å². The van der Waals surface area contributed by atoms with Crippen LogP contribution in [-0.2, 0) is 35.0 Å². The number of thiazole rings is 1. The summed E-state index contributed by atoms with van der Waals surface area (Å²) in [6.07, 6.45) is 0.0292. The highest BCUT2D eigenvalue weighted by Crippen LogP contribution is 2.50. The molecule has 82 heavy (non-hydrogen) atoms. The molecule has 0 bridgehead atoms. The number of likely N-dealkylation sites (tertiary alicyclic amines) is 1. The molecule has 4 aromatic carbocycles. The molecule has 3 N–H and O–H groups in total. The fourth-order valence-electron chi connectivity index (χ4n) is 11.4. The zero-order chi connectivity index (χ0) is 58.6. The summed E-state index contributed by atoms with van der Waals surface area (Å²) < 4.78 is 69.9. The van der Waals surface area contributed by atoms with Crippen LogP contribution in [0.5, 0.6) is 5.75 Å². The Morgan fingerprint density at radius 2 is 1.44 bits per heavy atom. The predicted octanol–water partition coefficient (Wildman–Crippen LogP) is 8.37. The van der Waals surface area contributed by atoms with E-state index in [1.165, 1.54) is 30.1 Å². The number of alkyl halides is 1. The molecule has 1 aliphatic carbocycles. The maximum atomic E-state index is 16.1. The van der Waals surface area contributed by atoms with Crippen molar-refractivity contribution >= 4 is 46.4 Å². The summed E-state index contributed by atoms with van der Waals surface area (Å²) in [6, 6.07) is 20.0. The van der Waals surface area contributed by atoms with Crippen molar-refractivity contribution in [3.63, 3.8) is 0 Å². The second-order valence-electron chi connectivity index (χ2n) is 23.1. The molecular formula is C62H71F3N6O10S. The van der Waals surface area contributed by atoms with Gasteiger partial charge in [-0.25, -0.2) is 18.2 Å². The van der Waals surface area contributed by atoms with Crippen molar-refractivity contribution in [3.05, 3.63) is 147 Å². The molecule has 16 nitrogen and oxygen atoms in total. The van der Waals surface area contributed by atoms with Gasteiger partial charge < -0.3 is 39.6 Å². The number of imide groups is 1. The first kappa shape index (κ1) is 59.8. The molecule has 5 amide bonds. The highest BCUT2D eigenvalue weighted by molar-refractivity contribution is 7.13. The van der Waals surface area contributed by atoms with Crippen LogP contribution >= 0.6 is 11.3 Å². The van der Waals surface area contributed by atoms with Crippen molar-refractivity contribution < 1.29 is 61.2 Å². The minimum absolute atomic E-state index is 0.000315. The van der Waals surface area contributed by atoms with E-state index in [2.05, 4.69) is 15.6 Å². The maximum Gasteiger partial charge on any atom is 0.261 e. The van der Waals surface area contributed by atoms with Crippen LogP contribution in [0.2, 0.25) is 0 Å². The number of rotatable bonds is 23. The predicted molar refractivity (Wildman–Crippen MR) is 303 cm³/mol. The van der Waals surface area contributed by atoms with E-state index in [1.807, 2.05) is 55.1 Å². The number of ether oxygens (including phenoxy) is 4. The van der Waals surface area contributed by atoms with Crippen LogP contribution < -0.4 is 15.4 Å². The summed E-state index contributed by atoms with van der Waals surface area (Å²) in [6.45, 7) is 11.9. The molecule has 4 aliphatic rings. The average Bonchev–Trinajstić information content (AvgIpc) is 2.65. The number of aliphatic hydroxyl groups excluding tert-OH is 1. The van der Waals surface area contributed by atoms with E-state index in [1.54, 1.807) is 62.7 Å². The third-order valence-corrected chi connectivity index (χ3v) is 16.3. The lowest BCUT2D eigenvalue weighted by Crippen LogP contribution is -2.58. The smallest absolute Gasteiger partial charge is 0.261 e. The second-order valence-corrected chi connectivity index (χ2v) is 23.9. The minimum atomic E-state index is -1.60. The normalized spacial score (nSPS) is 19.7. The van der Waals surface area contributed by atoms with Crippen molar-refractivity contribution in [2.75, 3.05) is 65.9 Å². The van der Waals surface area contributed by atoms with Crippen LogP contribution in [0.4, 0.5) is 13.2 Å². The van der Waals surface area contributed by atoms with Gasteiger partial charge in [-0.15, -0.1) is 11.3 Å². The molecule has 436 valence electrons. The van der Waals surface area contributed by atoms with E-state index >= 15 is 13.2 Å². The lowest BCUT2D eigenvalue weighted by Gasteiger charge is -2.44. The number of fused-ring (bicyclic) bond motifs is 3. The van der Waals surface area contributed by atoms with Crippen LogP contribution in [0.15, 0.2) is 96.0 Å². The molecule has 0 radical (unpaired) electrons. The summed E-state index contributed by atoms with van der Waals surface area (Å²) in [5.41, 5.74) is 6.15. The number of aliphatic hydroxyl groups is 1. The van der Waals surface area contributed by atoms with Gasteiger partial charge in [0.15, 0.2) is 0 Å². The molecule has 6 atom stereocenters. The Morgan fingerprint density at radius 1 is 0.829 bits per heavy atom. The quantitative estimate of drug-likeness (QED) is 0.0420. The molecule has 9 rings (SSSR count). The third-order valence-electron chi connectivity index (χ3n) is 15.4. The first-order chi connectivity index (χ1) is 39.1. The summed E-state index contributed by atoms with van der Waals surface area (Å²) >= 11 is 1.48. The lowest BCUT2D eigenvalue weighted by molar-refractivity contribution is -0.144. The van der Waals surface area contributed by atoms with Gasteiger partial charge in [0.1, 0.15) is 48.4 Å². The number of aryl methyl sites for hydroxylation is 1. The Balaban J connectivity index is 0.727. The number of aromatic nitrogens is 1. The van der Waals surface area contributed by atoms with E-state index in [0.29, 0.717) is 18.4 Å². The number of nitrogens with one attached hydrogen (secondary N) is 2. The van der Waals surface area contributed by atoms with Crippen molar-refractivity contribution in [2.45, 2.75) is 110 Å². The van der Waals surface area contributed by atoms with E-state index < -0.39 is 89.1 Å². The van der Waals surface area contributed by atoms with Crippen LogP contribution in [0.1, 0.15) is 115 Å². The Morgan fingerprint density at radius 3 is 2.05 bits per heavy atom. The van der Waals surface area contributed by atoms with E-state index in [-0.39, 0.29) is 94.2 Å². The van der Waals surface area contributed by atoms with E-state index in [9.17, 15) is 29.1 Å². The highest BCUT2D eigenvalue weighted by Gasteiger charge is 2.47. The number of hydrogen-bond acceptors (Lipinski definition) is 13. The zero-order valence-electron chi connectivity index (χ0n) is 47.3. The highest BCUT2D eigenvalue weighted by atomic mass is 32.1. The summed E-state index contributed by atoms with van der Waals surface area (Å²) in [5.74, 6) is -4.35. The van der Waals surface area contributed by atoms with Gasteiger partial charge in [-0.2, -0.15) is 0 Å². The number of nitrogens with zero attached hydrogens (tertiary/aromatic N) is 4. The maximum absolute atomic E-state index is 16.1. The van der Waals surface area contributed by atoms with Gasteiger partial charge in [-0.1, -0.05) is 81.4 Å². The van der Waals surface area contributed by atoms with Crippen molar-refractivity contribution in [3.8, 4) is 16.2 Å². The van der Waals surface area contributed by atoms with Gasteiger partial charge in [0.05, 0.1) is 85.0 Å². The molecule has 5 aromatic rings. The second kappa shape index (κ2) is 25.4. The molecule has 1 fully saturated rings. The Kier molecular flexibility index (Phi) is 18.5. The van der Waals surface area contributed by atoms with Crippen LogP contribution in [0.25, 0.3) is 16.0 Å². The first-order valence-electron chi connectivity index (χ1n) is 27.7. The fourth-order valence-corrected chi connectivity index (χ4v) is 12.2. The minimum Gasteiger partial charge on any atom is -0.491 e. The molecule has 1 saturated heterocycles. The number of carbonyl (C=O) groups excluding carboxylic acids is 5. The number of halogens is 3. The van der Waals surface area contributed by atoms with Gasteiger partial charge in [0.2, 0.25) is 17.7 Å². The van der Waals surface area contributed by atoms with Gasteiger partial charge in [-0.3, -0.25) is 33.8 Å². The topological polar surface area (TPSA) is 189 Å². The standard InChI is InChI=1S/C62H71F3N6O10S/c1-36-26-46-43-13-9-8-12-40(43)27-47(46)54(71(36)34-62(6,7)65)53-48(63)29-42(30-49(53)64)81-25-24-79-21-20-78-22-23-80-33-52(73)68-56(61(3,4)5)60(77)69-31-41(72)28-51(69)57(74)67-50(32-70-58(75)44-14-10-11-15-45(44)59(70)76)38-16-18-39(19-17-38)55-37(2)66-35-82-55/h8-19,29-30,35-36,41,50-51,54,56,72H,20-28,31-34H2,1-7H3,(H,67,74)(H,68,73)/t36-,41-,50-,51+,54?,56-/m1/s1. The van der Waals surface area contributed by atoms with E-state index in [4.69, 9.17) is 18.9 Å². The molecule has 20 heteroatoms. The molecular weight excluding hydrogens is 1080 g/mol. The molecule has 1 unspecified atom stereocenters. The van der Waals surface area contributed by atoms with Crippen molar-refractivity contribution in [1.82, 2.24) is 30.3 Å². The Bertz CT molecular complexity index is 3150. The number of β-amino-alcohol motifs (C(OH)–C–C–N with tert-alkyl or cyclic N) is 1. The SMILES string of the molecule is Cc1ncsc1-c1ccc([C@@H](CN2C(=O)c3ccccc3C2=O)NC(=O)[C@@H]2C[C@@H](O)CN2C(=O)[C@@H](NC(=O)COCCOCCOCCOc2cc(F)c(C3C4=C(C[C@@H](C)N3CC(C)(C)F)c3ccccc3C4)c(F)c2)C(C)(C)C)cc1. The summed E-state index contributed by atoms with van der Waals surface area (Å²) in [5, 5.41) is 16.7. The van der Waals surface area contributed by atoms with Gasteiger partial charge in [0, 0.05) is 43.2 Å². The fraction of sp³-hybridized carbons (Fsp3) is 0.452. The Hall–Kier alpha value is -6.81. The summed E-state index contributed by atoms with van der Waals surface area (Å²) in [7, 11) is 0. The van der Waals surface area contributed by atoms with E-state index in [0.717, 1.165) is 55.4 Å². The summed E-state index contributed by atoms with van der Waals surface area (Å²) in [4.78, 5) is 78.7. The zero-order valence-corrected chi connectivity index (χ0v) is 48.1. The molecule has 1 aromatic heterocycles. The number of benzene rings is 4. The third kappa shape index (κ3) is 13.5.